The molecule has 146 valence electrons. The smallest absolute Gasteiger partial charge is 0.235 e. The molecule has 0 aliphatic rings. The molecule has 2 rings (SSSR count). The highest BCUT2D eigenvalue weighted by Gasteiger charge is 2.18. The van der Waals surface area contributed by atoms with E-state index in [9.17, 15) is 18.4 Å². The van der Waals surface area contributed by atoms with E-state index in [2.05, 4.69) is 36.7 Å². The molecule has 0 radical (unpaired) electrons. The van der Waals surface area contributed by atoms with Gasteiger partial charge in [-0.3, -0.25) is 4.79 Å². The number of rotatable bonds is 9. The maximum absolute atomic E-state index is 11.5. The highest BCUT2D eigenvalue weighted by Crippen LogP contribution is 2.21. The number of nitrogens with one attached hydrogen (secondary N) is 1. The number of benzene rings is 1. The minimum absolute atomic E-state index is 0.239. The van der Waals surface area contributed by atoms with Gasteiger partial charge in [-0.2, -0.15) is 0 Å². The molecule has 0 saturated heterocycles. The minimum atomic E-state index is -3.36. The number of hydrogen-bond acceptors (Lipinski definition) is 9. The van der Waals surface area contributed by atoms with Crippen LogP contribution in [0, 0.1) is 0 Å². The summed E-state index contributed by atoms with van der Waals surface area (Å²) in [6.45, 7) is 0.239. The van der Waals surface area contributed by atoms with Crippen LogP contribution < -0.4 is 5.32 Å². The number of carbonyl (C=O) groups is 1. The van der Waals surface area contributed by atoms with Crippen LogP contribution in [0.15, 0.2) is 43.5 Å². The van der Waals surface area contributed by atoms with Crippen molar-refractivity contribution in [3.8, 4) is 0 Å². The summed E-state index contributed by atoms with van der Waals surface area (Å²) in [5.74, 6) is -0.710. The Hall–Kier alpha value is -1.92. The molecule has 0 aliphatic carbocycles. The van der Waals surface area contributed by atoms with Crippen molar-refractivity contribution in [2.75, 3.05) is 24.3 Å². The van der Waals surface area contributed by atoms with Crippen LogP contribution in [-0.2, 0) is 21.1 Å². The molecule has 0 atom stereocenters. The molecule has 0 saturated carbocycles. The first-order valence-electron chi connectivity index (χ1n) is 7.64. The van der Waals surface area contributed by atoms with Crippen molar-refractivity contribution in [2.24, 2.45) is 5.16 Å². The van der Waals surface area contributed by atoms with Crippen molar-refractivity contribution in [2.45, 2.75) is 11.4 Å². The van der Waals surface area contributed by atoms with E-state index in [1.807, 2.05) is 24.3 Å². The number of hydrogen-bond donors (Lipinski definition) is 2. The molecule has 2 aromatic rings. The fraction of sp³-hybridized carbons (Fsp3) is 0.333. The predicted octanol–water partition coefficient (Wildman–Crippen LogP) is 1.51. The second kappa shape index (κ2) is 9.85. The largest absolute Gasteiger partial charge is 0.411 e. The van der Waals surface area contributed by atoms with Crippen LogP contribution in [0.3, 0.4) is 0 Å². The van der Waals surface area contributed by atoms with E-state index >= 15 is 0 Å². The van der Waals surface area contributed by atoms with E-state index in [0.29, 0.717) is 22.9 Å². The molecule has 1 aromatic heterocycles. The van der Waals surface area contributed by atoms with Gasteiger partial charge in [0.15, 0.2) is 20.6 Å². The Balaban J connectivity index is 1.93. The molecular weight excluding hydrogens is 460 g/mol. The lowest BCUT2D eigenvalue weighted by Gasteiger charge is -2.05. The molecule has 0 fully saturated rings. The van der Waals surface area contributed by atoms with Gasteiger partial charge in [-0.25, -0.2) is 13.0 Å². The van der Waals surface area contributed by atoms with Gasteiger partial charge in [0.05, 0.1) is 0 Å². The molecule has 0 aliphatic heterocycles. The summed E-state index contributed by atoms with van der Waals surface area (Å²) in [6, 6.07) is 7.52. The van der Waals surface area contributed by atoms with E-state index in [1.165, 1.54) is 11.8 Å². The van der Waals surface area contributed by atoms with Crippen LogP contribution >= 0.6 is 27.7 Å². The van der Waals surface area contributed by atoms with E-state index in [-0.39, 0.29) is 12.3 Å². The summed E-state index contributed by atoms with van der Waals surface area (Å²) in [5, 5.41) is 23.2. The zero-order valence-corrected chi connectivity index (χ0v) is 17.5. The Labute approximate surface area is 168 Å². The normalized spacial score (nSPS) is 12.1. The number of amides is 1. The predicted molar refractivity (Wildman–Crippen MR) is 104 cm³/mol. The van der Waals surface area contributed by atoms with E-state index in [4.69, 9.17) is 4.63 Å². The first kappa shape index (κ1) is 21.4. The third-order valence-corrected chi connectivity index (χ3v) is 5.40. The second-order valence-corrected chi connectivity index (χ2v) is 9.68. The molecule has 1 amide bonds. The lowest BCUT2D eigenvalue weighted by molar-refractivity contribution is -0.118. The summed E-state index contributed by atoms with van der Waals surface area (Å²) in [4.78, 5) is 11.5. The summed E-state index contributed by atoms with van der Waals surface area (Å²) in [5.41, 5.74) is 1.51. The molecular formula is C15H17BrN4O5S2. The lowest BCUT2D eigenvalue weighted by atomic mass is 10.1. The van der Waals surface area contributed by atoms with Crippen LogP contribution in [0.25, 0.3) is 0 Å². The van der Waals surface area contributed by atoms with Gasteiger partial charge in [0.2, 0.25) is 5.91 Å². The molecule has 2 N–H and O–H groups in total. The van der Waals surface area contributed by atoms with Gasteiger partial charge < -0.3 is 10.5 Å². The lowest BCUT2D eigenvalue weighted by Crippen LogP contribution is -2.31. The SMILES string of the molecule is CS(=O)(=O)CC(=O)NCCSc1nonc1C(Cc1cccc(Br)c1)=NO. The molecule has 1 aromatic carbocycles. The van der Waals surface area contributed by atoms with Gasteiger partial charge in [0.25, 0.3) is 0 Å². The summed E-state index contributed by atoms with van der Waals surface area (Å²) in [6.07, 6.45) is 1.32. The second-order valence-electron chi connectivity index (χ2n) is 5.54. The van der Waals surface area contributed by atoms with Gasteiger partial charge in [-0.05, 0) is 28.0 Å². The highest BCUT2D eigenvalue weighted by atomic mass is 79.9. The number of carbonyl (C=O) groups excluding carboxylic acids is 1. The Morgan fingerprint density at radius 3 is 2.85 bits per heavy atom. The monoisotopic (exact) mass is 476 g/mol. The van der Waals surface area contributed by atoms with E-state index < -0.39 is 21.5 Å². The molecule has 0 spiro atoms. The van der Waals surface area contributed by atoms with Crippen LogP contribution in [0.5, 0.6) is 0 Å². The van der Waals surface area contributed by atoms with Crippen LogP contribution in [-0.4, -0.2) is 59.9 Å². The number of thioether (sulfide) groups is 1. The van der Waals surface area contributed by atoms with Gasteiger partial charge >= 0.3 is 0 Å². The first-order valence-corrected chi connectivity index (χ1v) is 11.5. The Morgan fingerprint density at radius 1 is 1.41 bits per heavy atom. The quantitative estimate of drug-likeness (QED) is 0.183. The van der Waals surface area contributed by atoms with Crippen molar-refractivity contribution in [3.63, 3.8) is 0 Å². The first-order chi connectivity index (χ1) is 12.8. The maximum Gasteiger partial charge on any atom is 0.235 e. The summed E-state index contributed by atoms with van der Waals surface area (Å²) in [7, 11) is -3.36. The standard InChI is InChI=1S/C15H17BrN4O5S2/c1-27(23,24)9-13(21)17-5-6-26-15-14(19-25-20-15)12(18-22)8-10-3-2-4-11(16)7-10/h2-4,7,22H,5-6,8-9H2,1H3,(H,17,21). The molecule has 27 heavy (non-hydrogen) atoms. The Kier molecular flexibility index (Phi) is 7.80. The van der Waals surface area contributed by atoms with Crippen molar-refractivity contribution in [3.05, 3.63) is 40.0 Å². The topological polar surface area (TPSA) is 135 Å². The van der Waals surface area contributed by atoms with Crippen LogP contribution in [0.4, 0.5) is 0 Å². The van der Waals surface area contributed by atoms with Crippen LogP contribution in [0.1, 0.15) is 11.3 Å². The molecule has 12 heteroatoms. The van der Waals surface area contributed by atoms with Gasteiger partial charge in [-0.1, -0.05) is 45.0 Å². The summed E-state index contributed by atoms with van der Waals surface area (Å²) >= 11 is 4.62. The molecule has 9 nitrogen and oxygen atoms in total. The third kappa shape index (κ3) is 7.31. The number of oxime groups is 1. The average molecular weight is 477 g/mol. The van der Waals surface area contributed by atoms with Gasteiger partial charge in [-0.15, -0.1) is 0 Å². The van der Waals surface area contributed by atoms with E-state index in [1.54, 1.807) is 0 Å². The van der Waals surface area contributed by atoms with Crippen molar-refractivity contribution in [1.29, 1.82) is 0 Å². The number of nitrogens with zero attached hydrogens (tertiary/aromatic N) is 3. The fourth-order valence-electron chi connectivity index (χ4n) is 2.09. The fourth-order valence-corrected chi connectivity index (χ4v) is 3.89. The molecule has 1 heterocycles. The Bertz CT molecular complexity index is 930. The van der Waals surface area contributed by atoms with Gasteiger partial charge in [0.1, 0.15) is 11.5 Å². The van der Waals surface area contributed by atoms with Crippen molar-refractivity contribution < 1.29 is 23.0 Å². The van der Waals surface area contributed by atoms with Crippen molar-refractivity contribution >= 4 is 49.1 Å². The maximum atomic E-state index is 11.5. The zero-order valence-electron chi connectivity index (χ0n) is 14.3. The minimum Gasteiger partial charge on any atom is -0.411 e. The van der Waals surface area contributed by atoms with E-state index in [0.717, 1.165) is 16.3 Å². The zero-order chi connectivity index (χ0) is 19.9. The van der Waals surface area contributed by atoms with Gasteiger partial charge in [0, 0.05) is 29.4 Å². The van der Waals surface area contributed by atoms with Crippen LogP contribution in [0.2, 0.25) is 0 Å². The number of aromatic nitrogens is 2. The third-order valence-electron chi connectivity index (χ3n) is 3.17. The number of halogens is 1. The highest BCUT2D eigenvalue weighted by molar-refractivity contribution is 9.10. The summed E-state index contributed by atoms with van der Waals surface area (Å²) < 4.78 is 27.7. The number of sulfone groups is 1. The Morgan fingerprint density at radius 2 is 2.19 bits per heavy atom. The average Bonchev–Trinajstić information content (AvgIpc) is 3.03. The molecule has 0 bridgehead atoms. The van der Waals surface area contributed by atoms with Crippen molar-refractivity contribution in [1.82, 2.24) is 15.6 Å². The molecule has 0 unspecified atom stereocenters.